The molecule has 0 aliphatic carbocycles. The van der Waals surface area contributed by atoms with E-state index in [-0.39, 0.29) is 0 Å². The van der Waals surface area contributed by atoms with Gasteiger partial charge in [0.2, 0.25) is 0 Å². The number of carbonyl (C=O) groups is 1. The number of nitrogens with zero attached hydrogens (tertiary/aromatic N) is 3. The van der Waals surface area contributed by atoms with E-state index >= 15 is 0 Å². The minimum absolute atomic E-state index is 0.517. The largest absolute Gasteiger partial charge is 0.490 e. The maximum absolute atomic E-state index is 11.3. The fourth-order valence-electron chi connectivity index (χ4n) is 2.85. The molecule has 1 atom stereocenters. The van der Waals surface area contributed by atoms with Crippen molar-refractivity contribution in [3.63, 3.8) is 0 Å². The van der Waals surface area contributed by atoms with Gasteiger partial charge in [0.15, 0.2) is 22.5 Å². The number of ether oxygens (including phenoxy) is 2. The zero-order valence-electron chi connectivity index (χ0n) is 15.2. The zero-order chi connectivity index (χ0) is 19.5. The summed E-state index contributed by atoms with van der Waals surface area (Å²) in [6.07, 6.45) is 0.831. The lowest BCUT2D eigenvalue weighted by molar-refractivity contribution is -0.136. The topological polar surface area (TPSA) is 86.5 Å². The number of carboxylic acids is 1. The van der Waals surface area contributed by atoms with Crippen LogP contribution in [0, 0.1) is 0 Å². The highest BCUT2D eigenvalue weighted by Crippen LogP contribution is 2.36. The van der Waals surface area contributed by atoms with Crippen molar-refractivity contribution in [1.29, 1.82) is 0 Å². The fourth-order valence-corrected chi connectivity index (χ4v) is 3.66. The van der Waals surface area contributed by atoms with Gasteiger partial charge in [-0.2, -0.15) is 0 Å². The standard InChI is InChI=1S/C20H19N3O4S/c1-13(19(24)25)28-20-22-21-18(23(20)15-6-3-2-4-7-15)14-8-9-16-17(12-14)27-11-5-10-26-16/h2-4,6-9,12-13H,5,10-11H2,1H3,(H,24,25). The Morgan fingerprint density at radius 2 is 1.86 bits per heavy atom. The lowest BCUT2D eigenvalue weighted by Gasteiger charge is -2.13. The number of hydrogen-bond donors (Lipinski definition) is 1. The smallest absolute Gasteiger partial charge is 0.316 e. The summed E-state index contributed by atoms with van der Waals surface area (Å²) < 4.78 is 13.4. The minimum atomic E-state index is -0.898. The van der Waals surface area contributed by atoms with Crippen molar-refractivity contribution >= 4 is 17.7 Å². The number of aromatic nitrogens is 3. The predicted molar refractivity (Wildman–Crippen MR) is 105 cm³/mol. The molecule has 1 unspecified atom stereocenters. The molecule has 8 heteroatoms. The molecule has 144 valence electrons. The van der Waals surface area contributed by atoms with Crippen molar-refractivity contribution < 1.29 is 19.4 Å². The summed E-state index contributed by atoms with van der Waals surface area (Å²) >= 11 is 1.15. The van der Waals surface area contributed by atoms with E-state index in [1.54, 1.807) is 6.92 Å². The van der Waals surface area contributed by atoms with Crippen molar-refractivity contribution in [2.24, 2.45) is 0 Å². The third kappa shape index (κ3) is 3.68. The van der Waals surface area contributed by atoms with Gasteiger partial charge in [-0.3, -0.25) is 9.36 Å². The molecule has 0 spiro atoms. The van der Waals surface area contributed by atoms with Gasteiger partial charge in [-0.1, -0.05) is 30.0 Å². The van der Waals surface area contributed by atoms with E-state index in [4.69, 9.17) is 9.47 Å². The zero-order valence-corrected chi connectivity index (χ0v) is 16.1. The van der Waals surface area contributed by atoms with Crippen molar-refractivity contribution in [2.45, 2.75) is 23.8 Å². The van der Waals surface area contributed by atoms with Gasteiger partial charge in [0, 0.05) is 17.7 Å². The van der Waals surface area contributed by atoms with E-state index in [0.717, 1.165) is 29.4 Å². The lowest BCUT2D eigenvalue weighted by atomic mass is 10.2. The van der Waals surface area contributed by atoms with Crippen LogP contribution in [0.15, 0.2) is 53.7 Å². The molecule has 1 aliphatic rings. The van der Waals surface area contributed by atoms with E-state index < -0.39 is 11.2 Å². The van der Waals surface area contributed by atoms with E-state index in [1.165, 1.54) is 0 Å². The summed E-state index contributed by atoms with van der Waals surface area (Å²) in [5.74, 6) is 1.10. The molecule has 2 heterocycles. The molecule has 0 fully saturated rings. The molecule has 3 aromatic rings. The van der Waals surface area contributed by atoms with Crippen molar-refractivity contribution in [2.75, 3.05) is 13.2 Å². The van der Waals surface area contributed by atoms with Gasteiger partial charge in [0.1, 0.15) is 5.25 Å². The summed E-state index contributed by atoms with van der Waals surface area (Å²) in [7, 11) is 0. The molecule has 0 saturated heterocycles. The molecule has 4 rings (SSSR count). The first kappa shape index (κ1) is 18.4. The molecule has 2 aromatic carbocycles. The Kier molecular flexibility index (Phi) is 5.21. The van der Waals surface area contributed by atoms with E-state index in [9.17, 15) is 9.90 Å². The molecule has 7 nitrogen and oxygen atoms in total. The van der Waals surface area contributed by atoms with Crippen LogP contribution in [0.2, 0.25) is 0 Å². The Hall–Kier alpha value is -3.00. The van der Waals surface area contributed by atoms with Crippen LogP contribution in [0.4, 0.5) is 0 Å². The summed E-state index contributed by atoms with van der Waals surface area (Å²) in [6.45, 7) is 2.85. The first-order valence-electron chi connectivity index (χ1n) is 8.94. The molecule has 0 amide bonds. The van der Waals surface area contributed by atoms with Gasteiger partial charge in [0.05, 0.1) is 13.2 Å². The van der Waals surface area contributed by atoms with Gasteiger partial charge in [-0.25, -0.2) is 0 Å². The molecular formula is C20H19N3O4S. The Balaban J connectivity index is 1.80. The normalized spacial score (nSPS) is 14.3. The van der Waals surface area contributed by atoms with Crippen LogP contribution in [0.25, 0.3) is 17.1 Å². The van der Waals surface area contributed by atoms with Crippen LogP contribution >= 0.6 is 11.8 Å². The number of rotatable bonds is 5. The average molecular weight is 397 g/mol. The first-order chi connectivity index (χ1) is 13.6. The van der Waals surface area contributed by atoms with E-state index in [1.807, 2.05) is 53.1 Å². The van der Waals surface area contributed by atoms with E-state index in [2.05, 4.69) is 10.2 Å². The third-order valence-electron chi connectivity index (χ3n) is 4.28. The van der Waals surface area contributed by atoms with Gasteiger partial charge in [0.25, 0.3) is 0 Å². The first-order valence-corrected chi connectivity index (χ1v) is 9.82. The van der Waals surface area contributed by atoms with Crippen LogP contribution in [0.3, 0.4) is 0 Å². The highest BCUT2D eigenvalue weighted by atomic mass is 32.2. The van der Waals surface area contributed by atoms with Crippen molar-refractivity contribution in [3.8, 4) is 28.6 Å². The predicted octanol–water partition coefficient (Wildman–Crippen LogP) is 3.66. The molecule has 1 N–H and O–H groups in total. The summed E-state index contributed by atoms with van der Waals surface area (Å²) in [6, 6.07) is 15.3. The maximum atomic E-state index is 11.3. The number of benzene rings is 2. The molecule has 1 aliphatic heterocycles. The molecule has 28 heavy (non-hydrogen) atoms. The summed E-state index contributed by atoms with van der Waals surface area (Å²) in [5, 5.41) is 17.8. The Morgan fingerprint density at radius 3 is 2.61 bits per heavy atom. The Labute approximate surface area is 166 Å². The fraction of sp³-hybridized carbons (Fsp3) is 0.250. The highest BCUT2D eigenvalue weighted by Gasteiger charge is 2.22. The second kappa shape index (κ2) is 7.93. The molecule has 0 radical (unpaired) electrons. The SMILES string of the molecule is CC(Sc1nnc(-c2ccc3c(c2)OCCCO3)n1-c1ccccc1)C(=O)O. The monoisotopic (exact) mass is 397 g/mol. The van der Waals surface area contributed by atoms with Crippen LogP contribution < -0.4 is 9.47 Å². The molecule has 0 bridgehead atoms. The average Bonchev–Trinajstić information content (AvgIpc) is 2.97. The van der Waals surface area contributed by atoms with Crippen molar-refractivity contribution in [1.82, 2.24) is 14.8 Å². The summed E-state index contributed by atoms with van der Waals surface area (Å²) in [4.78, 5) is 11.3. The van der Waals surface area contributed by atoms with Gasteiger partial charge in [-0.15, -0.1) is 10.2 Å². The highest BCUT2D eigenvalue weighted by molar-refractivity contribution is 8.00. The van der Waals surface area contributed by atoms with Gasteiger partial charge < -0.3 is 14.6 Å². The number of fused-ring (bicyclic) bond motifs is 1. The number of thioether (sulfide) groups is 1. The van der Waals surface area contributed by atoms with Crippen LogP contribution in [0.5, 0.6) is 11.5 Å². The summed E-state index contributed by atoms with van der Waals surface area (Å²) in [5.41, 5.74) is 1.67. The van der Waals surface area contributed by atoms with Crippen molar-refractivity contribution in [3.05, 3.63) is 48.5 Å². The second-order valence-electron chi connectivity index (χ2n) is 6.29. The number of carboxylic acid groups (broad SMARTS) is 1. The molecular weight excluding hydrogens is 378 g/mol. The van der Waals surface area contributed by atoms with Gasteiger partial charge in [-0.05, 0) is 37.3 Å². The number of hydrogen-bond acceptors (Lipinski definition) is 6. The Bertz CT molecular complexity index is 990. The van der Waals surface area contributed by atoms with Crippen LogP contribution in [0.1, 0.15) is 13.3 Å². The molecule has 1 aromatic heterocycles. The van der Waals surface area contributed by atoms with Crippen LogP contribution in [-0.2, 0) is 4.79 Å². The number of aliphatic carboxylic acids is 1. The van der Waals surface area contributed by atoms with E-state index in [0.29, 0.717) is 35.7 Å². The Morgan fingerprint density at radius 1 is 1.11 bits per heavy atom. The number of para-hydroxylation sites is 1. The third-order valence-corrected chi connectivity index (χ3v) is 5.31. The van der Waals surface area contributed by atoms with Crippen LogP contribution in [-0.4, -0.2) is 44.3 Å². The maximum Gasteiger partial charge on any atom is 0.316 e. The second-order valence-corrected chi connectivity index (χ2v) is 7.60. The van der Waals surface area contributed by atoms with Gasteiger partial charge >= 0.3 is 5.97 Å². The quantitative estimate of drug-likeness (QED) is 0.658. The minimum Gasteiger partial charge on any atom is -0.490 e. The lowest BCUT2D eigenvalue weighted by Crippen LogP contribution is -2.12. The molecule has 0 saturated carbocycles.